The van der Waals surface area contributed by atoms with E-state index in [0.29, 0.717) is 0 Å². The molecule has 1 heterocycles. The Morgan fingerprint density at radius 2 is 2.07 bits per heavy atom. The Bertz CT molecular complexity index is 147. The smallest absolute Gasteiger partial charge is 0.00669 e. The lowest BCUT2D eigenvalue weighted by molar-refractivity contribution is 0.158. The summed E-state index contributed by atoms with van der Waals surface area (Å²) in [7, 11) is 0. The van der Waals surface area contributed by atoms with Crippen LogP contribution in [0.15, 0.2) is 0 Å². The molecule has 0 radical (unpaired) electrons. The number of piperidine rings is 1. The van der Waals surface area contributed by atoms with Crippen LogP contribution in [-0.4, -0.2) is 37.1 Å². The van der Waals surface area contributed by atoms with Crippen molar-refractivity contribution in [2.45, 2.75) is 58.4 Å². The van der Waals surface area contributed by atoms with Gasteiger partial charge in [0, 0.05) is 6.04 Å². The van der Waals surface area contributed by atoms with Crippen molar-refractivity contribution in [3.63, 3.8) is 0 Å². The Balaban J connectivity index is 1.94. The van der Waals surface area contributed by atoms with Crippen molar-refractivity contribution in [3.8, 4) is 0 Å². The first-order chi connectivity index (χ1) is 7.34. The third kappa shape index (κ3) is 5.53. The number of nitrogens with zero attached hydrogens (tertiary/aromatic N) is 1. The number of likely N-dealkylation sites (tertiary alicyclic amines) is 1. The van der Waals surface area contributed by atoms with Gasteiger partial charge in [-0.2, -0.15) is 0 Å². The van der Waals surface area contributed by atoms with Gasteiger partial charge >= 0.3 is 0 Å². The van der Waals surface area contributed by atoms with E-state index >= 15 is 0 Å². The Morgan fingerprint density at radius 3 is 2.80 bits per heavy atom. The summed E-state index contributed by atoms with van der Waals surface area (Å²) < 4.78 is 0. The average molecular weight is 212 g/mol. The molecule has 0 aromatic rings. The van der Waals surface area contributed by atoms with E-state index in [1.54, 1.807) is 0 Å². The van der Waals surface area contributed by atoms with Crippen molar-refractivity contribution in [1.82, 2.24) is 10.2 Å². The normalized spacial score (nSPS) is 23.2. The molecule has 0 amide bonds. The van der Waals surface area contributed by atoms with E-state index in [9.17, 15) is 0 Å². The molecule has 0 aromatic heterocycles. The largest absolute Gasteiger partial charge is 0.317 e. The number of unbranched alkanes of at least 4 members (excludes halogenated alkanes) is 2. The van der Waals surface area contributed by atoms with Crippen LogP contribution in [0.5, 0.6) is 0 Å². The molecule has 0 spiro atoms. The minimum Gasteiger partial charge on any atom is -0.317 e. The van der Waals surface area contributed by atoms with E-state index in [1.807, 2.05) is 0 Å². The van der Waals surface area contributed by atoms with Crippen molar-refractivity contribution in [3.05, 3.63) is 0 Å². The Morgan fingerprint density at radius 1 is 1.20 bits per heavy atom. The fourth-order valence-electron chi connectivity index (χ4n) is 2.41. The van der Waals surface area contributed by atoms with E-state index in [1.165, 1.54) is 58.2 Å². The van der Waals surface area contributed by atoms with Crippen molar-refractivity contribution < 1.29 is 0 Å². The molecule has 2 heteroatoms. The fraction of sp³-hybridized carbons (Fsp3) is 1.00. The van der Waals surface area contributed by atoms with Crippen molar-refractivity contribution in [2.24, 2.45) is 0 Å². The van der Waals surface area contributed by atoms with Crippen LogP contribution >= 0.6 is 0 Å². The standard InChI is InChI=1S/C13H28N2/c1-3-14-10-6-4-7-11-15-12-8-5-9-13(15)2/h13-14H,3-12H2,1-2H3. The fourth-order valence-corrected chi connectivity index (χ4v) is 2.41. The van der Waals surface area contributed by atoms with Gasteiger partial charge in [-0.3, -0.25) is 0 Å². The highest BCUT2D eigenvalue weighted by atomic mass is 15.1. The van der Waals surface area contributed by atoms with Gasteiger partial charge in [0.2, 0.25) is 0 Å². The Hall–Kier alpha value is -0.0800. The highest BCUT2D eigenvalue weighted by Crippen LogP contribution is 2.16. The summed E-state index contributed by atoms with van der Waals surface area (Å²) in [4.78, 5) is 2.68. The second-order valence-corrected chi connectivity index (χ2v) is 4.79. The Kier molecular flexibility index (Phi) is 7.03. The molecule has 0 saturated carbocycles. The van der Waals surface area contributed by atoms with Gasteiger partial charge in [0.25, 0.3) is 0 Å². The molecule has 2 nitrogen and oxygen atoms in total. The van der Waals surface area contributed by atoms with E-state index in [0.717, 1.165) is 12.6 Å². The van der Waals surface area contributed by atoms with Gasteiger partial charge in [0.15, 0.2) is 0 Å². The van der Waals surface area contributed by atoms with Crippen LogP contribution in [0, 0.1) is 0 Å². The lowest BCUT2D eigenvalue weighted by Crippen LogP contribution is -2.38. The molecule has 1 saturated heterocycles. The second-order valence-electron chi connectivity index (χ2n) is 4.79. The second kappa shape index (κ2) is 8.12. The van der Waals surface area contributed by atoms with Crippen LogP contribution in [0.1, 0.15) is 52.4 Å². The summed E-state index contributed by atoms with van der Waals surface area (Å²) in [5, 5.41) is 3.38. The maximum absolute atomic E-state index is 3.38. The SMILES string of the molecule is CCNCCCCCN1CCCCC1C. The maximum atomic E-state index is 3.38. The summed E-state index contributed by atoms with van der Waals surface area (Å²) in [6.45, 7) is 9.55. The first-order valence-corrected chi connectivity index (χ1v) is 6.79. The summed E-state index contributed by atoms with van der Waals surface area (Å²) in [5.41, 5.74) is 0. The first kappa shape index (κ1) is 13.0. The molecule has 1 fully saturated rings. The predicted octanol–water partition coefficient (Wildman–Crippen LogP) is 2.64. The van der Waals surface area contributed by atoms with Gasteiger partial charge in [-0.15, -0.1) is 0 Å². The lowest BCUT2D eigenvalue weighted by Gasteiger charge is -2.33. The zero-order chi connectivity index (χ0) is 10.9. The van der Waals surface area contributed by atoms with Crippen LogP contribution in [0.25, 0.3) is 0 Å². The zero-order valence-corrected chi connectivity index (χ0v) is 10.6. The molecule has 0 aromatic carbocycles. The van der Waals surface area contributed by atoms with Gasteiger partial charge in [-0.05, 0) is 58.8 Å². The number of nitrogens with one attached hydrogen (secondary N) is 1. The minimum atomic E-state index is 0.840. The van der Waals surface area contributed by atoms with E-state index in [-0.39, 0.29) is 0 Å². The molecule has 0 aliphatic carbocycles. The zero-order valence-electron chi connectivity index (χ0n) is 10.6. The topological polar surface area (TPSA) is 15.3 Å². The van der Waals surface area contributed by atoms with E-state index < -0.39 is 0 Å². The van der Waals surface area contributed by atoms with Gasteiger partial charge in [0.1, 0.15) is 0 Å². The molecule has 1 aliphatic heterocycles. The quantitative estimate of drug-likeness (QED) is 0.653. The molecule has 1 aliphatic rings. The maximum Gasteiger partial charge on any atom is 0.00669 e. The number of hydrogen-bond acceptors (Lipinski definition) is 2. The molecule has 1 rings (SSSR count). The molecule has 0 bridgehead atoms. The van der Waals surface area contributed by atoms with Gasteiger partial charge in [0.05, 0.1) is 0 Å². The lowest BCUT2D eigenvalue weighted by atomic mass is 10.0. The molecular weight excluding hydrogens is 184 g/mol. The third-order valence-electron chi connectivity index (χ3n) is 3.49. The van der Waals surface area contributed by atoms with Crippen LogP contribution < -0.4 is 5.32 Å². The molecule has 90 valence electrons. The predicted molar refractivity (Wildman–Crippen MR) is 67.3 cm³/mol. The van der Waals surface area contributed by atoms with Crippen LogP contribution in [0.4, 0.5) is 0 Å². The first-order valence-electron chi connectivity index (χ1n) is 6.79. The number of hydrogen-bond donors (Lipinski definition) is 1. The van der Waals surface area contributed by atoms with Gasteiger partial charge in [-0.25, -0.2) is 0 Å². The van der Waals surface area contributed by atoms with E-state index in [4.69, 9.17) is 0 Å². The van der Waals surface area contributed by atoms with Crippen molar-refractivity contribution >= 4 is 0 Å². The van der Waals surface area contributed by atoms with Crippen molar-refractivity contribution in [2.75, 3.05) is 26.2 Å². The average Bonchev–Trinajstić information content (AvgIpc) is 2.25. The molecule has 1 unspecified atom stereocenters. The summed E-state index contributed by atoms with van der Waals surface area (Å²) in [5.74, 6) is 0. The van der Waals surface area contributed by atoms with Crippen LogP contribution in [-0.2, 0) is 0 Å². The van der Waals surface area contributed by atoms with E-state index in [2.05, 4.69) is 24.1 Å². The molecule has 15 heavy (non-hydrogen) atoms. The van der Waals surface area contributed by atoms with Crippen molar-refractivity contribution in [1.29, 1.82) is 0 Å². The highest BCUT2D eigenvalue weighted by molar-refractivity contribution is 4.72. The Labute approximate surface area is 95.4 Å². The third-order valence-corrected chi connectivity index (χ3v) is 3.49. The highest BCUT2D eigenvalue weighted by Gasteiger charge is 2.16. The van der Waals surface area contributed by atoms with Crippen LogP contribution in [0.2, 0.25) is 0 Å². The summed E-state index contributed by atoms with van der Waals surface area (Å²) in [6, 6.07) is 0.840. The van der Waals surface area contributed by atoms with Crippen LogP contribution in [0.3, 0.4) is 0 Å². The molecule has 1 atom stereocenters. The molecular formula is C13H28N2. The summed E-state index contributed by atoms with van der Waals surface area (Å²) >= 11 is 0. The monoisotopic (exact) mass is 212 g/mol. The molecule has 1 N–H and O–H groups in total. The number of rotatable bonds is 7. The van der Waals surface area contributed by atoms with Gasteiger partial charge < -0.3 is 10.2 Å². The summed E-state index contributed by atoms with van der Waals surface area (Å²) in [6.07, 6.45) is 8.39. The van der Waals surface area contributed by atoms with Gasteiger partial charge in [-0.1, -0.05) is 19.8 Å². The minimum absolute atomic E-state index is 0.840.